The first-order valence-corrected chi connectivity index (χ1v) is 6.87. The fourth-order valence-corrected chi connectivity index (χ4v) is 3.54. The molecule has 6 heteroatoms. The molecule has 0 fully saturated rings. The van der Waals surface area contributed by atoms with Crippen LogP contribution in [0.3, 0.4) is 0 Å². The zero-order valence-electron chi connectivity index (χ0n) is 8.99. The van der Waals surface area contributed by atoms with Crippen molar-refractivity contribution >= 4 is 9.84 Å². The van der Waals surface area contributed by atoms with Gasteiger partial charge in [0.1, 0.15) is 6.61 Å². The summed E-state index contributed by atoms with van der Waals surface area (Å²) in [6.07, 6.45) is 0.924. The summed E-state index contributed by atoms with van der Waals surface area (Å²) in [5.41, 5.74) is 0.0812. The summed E-state index contributed by atoms with van der Waals surface area (Å²) in [4.78, 5) is 0.140. The SMILES string of the molecule is O=S1(=O)CCCc2cc(C(F)(F)CO)ccc21. The Hall–Kier alpha value is -1.01. The second-order valence-electron chi connectivity index (χ2n) is 4.11. The van der Waals surface area contributed by atoms with E-state index in [4.69, 9.17) is 5.11 Å². The van der Waals surface area contributed by atoms with Crippen LogP contribution in [0.2, 0.25) is 0 Å². The van der Waals surface area contributed by atoms with Gasteiger partial charge in [0.25, 0.3) is 5.92 Å². The lowest BCUT2D eigenvalue weighted by Crippen LogP contribution is -2.21. The average molecular weight is 262 g/mol. The lowest BCUT2D eigenvalue weighted by atomic mass is 10.0. The lowest BCUT2D eigenvalue weighted by Gasteiger charge is -2.20. The van der Waals surface area contributed by atoms with Crippen LogP contribution in [0.1, 0.15) is 17.5 Å². The normalized spacial score (nSPS) is 18.8. The highest BCUT2D eigenvalue weighted by molar-refractivity contribution is 7.91. The number of fused-ring (bicyclic) bond motifs is 1. The Morgan fingerprint density at radius 1 is 1.35 bits per heavy atom. The van der Waals surface area contributed by atoms with Crippen molar-refractivity contribution in [3.63, 3.8) is 0 Å². The van der Waals surface area contributed by atoms with Gasteiger partial charge >= 0.3 is 0 Å². The Morgan fingerprint density at radius 2 is 2.06 bits per heavy atom. The van der Waals surface area contributed by atoms with E-state index in [2.05, 4.69) is 0 Å². The minimum absolute atomic E-state index is 0.0652. The van der Waals surface area contributed by atoms with E-state index < -0.39 is 22.4 Å². The standard InChI is InChI=1S/C11H12F2O3S/c12-11(13,7-14)9-3-4-10-8(6-9)2-1-5-17(10,15)16/h3-4,6,14H,1-2,5,7H2. The van der Waals surface area contributed by atoms with Crippen LogP contribution in [-0.2, 0) is 22.2 Å². The number of aliphatic hydroxyl groups is 1. The summed E-state index contributed by atoms with van der Waals surface area (Å²) in [5, 5.41) is 8.59. The summed E-state index contributed by atoms with van der Waals surface area (Å²) in [6.45, 7) is -1.28. The summed E-state index contributed by atoms with van der Waals surface area (Å²) in [5.74, 6) is -3.26. The molecule has 1 heterocycles. The molecule has 0 atom stereocenters. The van der Waals surface area contributed by atoms with E-state index in [0.29, 0.717) is 18.4 Å². The van der Waals surface area contributed by atoms with E-state index >= 15 is 0 Å². The van der Waals surface area contributed by atoms with Crippen LogP contribution >= 0.6 is 0 Å². The molecular weight excluding hydrogens is 250 g/mol. The molecule has 0 radical (unpaired) electrons. The van der Waals surface area contributed by atoms with Gasteiger partial charge < -0.3 is 5.11 Å². The lowest BCUT2D eigenvalue weighted by molar-refractivity contribution is -0.0557. The fraction of sp³-hybridized carbons (Fsp3) is 0.455. The van der Waals surface area contributed by atoms with Gasteiger partial charge in [-0.1, -0.05) is 6.07 Å². The predicted molar refractivity (Wildman–Crippen MR) is 57.8 cm³/mol. The summed E-state index contributed by atoms with van der Waals surface area (Å²) in [7, 11) is -3.32. The first-order valence-electron chi connectivity index (χ1n) is 5.22. The fourth-order valence-electron chi connectivity index (χ4n) is 1.96. The van der Waals surface area contributed by atoms with E-state index in [0.717, 1.165) is 6.07 Å². The second-order valence-corrected chi connectivity index (χ2v) is 6.19. The van der Waals surface area contributed by atoms with E-state index in [9.17, 15) is 17.2 Å². The van der Waals surface area contributed by atoms with Crippen molar-refractivity contribution in [2.75, 3.05) is 12.4 Å². The predicted octanol–water partition coefficient (Wildman–Crippen LogP) is 1.49. The molecule has 3 nitrogen and oxygen atoms in total. The molecule has 0 aliphatic carbocycles. The Bertz CT molecular complexity index is 538. The molecule has 2 rings (SSSR count). The summed E-state index contributed by atoms with van der Waals surface area (Å²) in [6, 6.07) is 3.46. The van der Waals surface area contributed by atoms with E-state index in [-0.39, 0.29) is 16.2 Å². The van der Waals surface area contributed by atoms with Crippen molar-refractivity contribution in [2.45, 2.75) is 23.7 Å². The molecule has 0 spiro atoms. The number of rotatable bonds is 2. The number of hydrogen-bond donors (Lipinski definition) is 1. The number of sulfone groups is 1. The molecule has 0 saturated heterocycles. The van der Waals surface area contributed by atoms with Crippen LogP contribution in [0.4, 0.5) is 8.78 Å². The van der Waals surface area contributed by atoms with Crippen LogP contribution < -0.4 is 0 Å². The monoisotopic (exact) mass is 262 g/mol. The van der Waals surface area contributed by atoms with Crippen LogP contribution in [0.5, 0.6) is 0 Å². The molecule has 0 aromatic heterocycles. The van der Waals surface area contributed by atoms with Crippen LogP contribution in [0.15, 0.2) is 23.1 Å². The minimum Gasteiger partial charge on any atom is -0.390 e. The summed E-state index contributed by atoms with van der Waals surface area (Å²) < 4.78 is 49.8. The molecule has 0 amide bonds. The molecule has 1 aromatic rings. The molecule has 0 unspecified atom stereocenters. The van der Waals surface area contributed by atoms with Gasteiger partial charge in [0, 0.05) is 5.56 Å². The number of alkyl halides is 2. The van der Waals surface area contributed by atoms with Crippen molar-refractivity contribution < 1.29 is 22.3 Å². The van der Waals surface area contributed by atoms with Gasteiger partial charge in [-0.3, -0.25) is 0 Å². The van der Waals surface area contributed by atoms with Gasteiger partial charge in [0.15, 0.2) is 9.84 Å². The van der Waals surface area contributed by atoms with Crippen LogP contribution in [0.25, 0.3) is 0 Å². The van der Waals surface area contributed by atoms with Gasteiger partial charge in [-0.25, -0.2) is 8.42 Å². The third-order valence-electron chi connectivity index (χ3n) is 2.88. The molecule has 17 heavy (non-hydrogen) atoms. The maximum absolute atomic E-state index is 13.2. The Labute approximate surface area is 98.0 Å². The molecule has 94 valence electrons. The minimum atomic E-state index is -3.32. The molecule has 0 saturated carbocycles. The summed E-state index contributed by atoms with van der Waals surface area (Å²) >= 11 is 0. The highest BCUT2D eigenvalue weighted by Gasteiger charge is 2.32. The van der Waals surface area contributed by atoms with E-state index in [1.54, 1.807) is 0 Å². The highest BCUT2D eigenvalue weighted by Crippen LogP contribution is 2.32. The maximum Gasteiger partial charge on any atom is 0.295 e. The molecule has 1 aliphatic rings. The first kappa shape index (κ1) is 12.4. The molecule has 0 bridgehead atoms. The largest absolute Gasteiger partial charge is 0.390 e. The van der Waals surface area contributed by atoms with E-state index in [1.807, 2.05) is 0 Å². The second kappa shape index (κ2) is 4.03. The quantitative estimate of drug-likeness (QED) is 0.878. The Kier molecular flexibility index (Phi) is 2.95. The van der Waals surface area contributed by atoms with Gasteiger partial charge in [-0.15, -0.1) is 0 Å². The van der Waals surface area contributed by atoms with Crippen LogP contribution in [-0.4, -0.2) is 25.9 Å². The van der Waals surface area contributed by atoms with Crippen molar-refractivity contribution in [2.24, 2.45) is 0 Å². The van der Waals surface area contributed by atoms with Gasteiger partial charge in [0.05, 0.1) is 10.6 Å². The number of aryl methyl sites for hydroxylation is 1. The number of benzene rings is 1. The average Bonchev–Trinajstić information content (AvgIpc) is 2.28. The third kappa shape index (κ3) is 2.19. The molecule has 1 aliphatic heterocycles. The van der Waals surface area contributed by atoms with Crippen molar-refractivity contribution in [1.29, 1.82) is 0 Å². The molecule has 1 N–H and O–H groups in total. The highest BCUT2D eigenvalue weighted by atomic mass is 32.2. The van der Waals surface area contributed by atoms with Gasteiger partial charge in [-0.05, 0) is 30.5 Å². The van der Waals surface area contributed by atoms with Crippen molar-refractivity contribution in [3.8, 4) is 0 Å². The zero-order chi connectivity index (χ0) is 12.7. The molecule has 1 aromatic carbocycles. The van der Waals surface area contributed by atoms with E-state index in [1.165, 1.54) is 12.1 Å². The van der Waals surface area contributed by atoms with Crippen LogP contribution in [0, 0.1) is 0 Å². The number of hydrogen-bond acceptors (Lipinski definition) is 3. The number of aliphatic hydroxyl groups excluding tert-OH is 1. The zero-order valence-corrected chi connectivity index (χ0v) is 9.80. The first-order chi connectivity index (χ1) is 7.87. The van der Waals surface area contributed by atoms with Crippen molar-refractivity contribution in [1.82, 2.24) is 0 Å². The van der Waals surface area contributed by atoms with Gasteiger partial charge in [0.2, 0.25) is 0 Å². The topological polar surface area (TPSA) is 54.4 Å². The molecular formula is C11H12F2O3S. The van der Waals surface area contributed by atoms with Crippen molar-refractivity contribution in [3.05, 3.63) is 29.3 Å². The Balaban J connectivity index is 2.53. The maximum atomic E-state index is 13.2. The Morgan fingerprint density at radius 3 is 2.71 bits per heavy atom. The number of halogens is 2. The smallest absolute Gasteiger partial charge is 0.295 e. The third-order valence-corrected chi connectivity index (χ3v) is 4.77. The van der Waals surface area contributed by atoms with Gasteiger partial charge in [-0.2, -0.15) is 8.78 Å².